The summed E-state index contributed by atoms with van der Waals surface area (Å²) in [6, 6.07) is 65.7. The van der Waals surface area contributed by atoms with Gasteiger partial charge in [-0.1, -0.05) is 158 Å². The Morgan fingerprint density at radius 3 is 1.61 bits per heavy atom. The molecule has 3 aromatic heterocycles. The standard InChI is InChI=1S/C51H31N3OS/c1-3-13-33(14-4-1)37-17-7-8-18-38(37)34-27-25-32(26-28-34)36-29-30-43-42(31-36)47-40(20-11-22-44(47)55-43)50-52-49(35-15-5-2-6-16-35)53-51(54-50)41-21-12-24-46-48(41)39-19-9-10-23-45(39)56-46/h1-31H. The van der Waals surface area contributed by atoms with Gasteiger partial charge >= 0.3 is 0 Å². The first-order valence-corrected chi connectivity index (χ1v) is 19.5. The van der Waals surface area contributed by atoms with E-state index in [4.69, 9.17) is 19.4 Å². The Balaban J connectivity index is 1.06. The lowest BCUT2D eigenvalue weighted by Gasteiger charge is -2.11. The van der Waals surface area contributed by atoms with Crippen LogP contribution in [-0.2, 0) is 0 Å². The minimum absolute atomic E-state index is 0.602. The van der Waals surface area contributed by atoms with E-state index in [1.165, 1.54) is 37.0 Å². The van der Waals surface area contributed by atoms with Crippen LogP contribution in [0.4, 0.5) is 0 Å². The van der Waals surface area contributed by atoms with Crippen molar-refractivity contribution in [3.05, 3.63) is 188 Å². The third kappa shape index (κ3) is 5.48. The van der Waals surface area contributed by atoms with Gasteiger partial charge in [0.1, 0.15) is 11.2 Å². The van der Waals surface area contributed by atoms with Crippen LogP contribution in [-0.4, -0.2) is 15.0 Å². The van der Waals surface area contributed by atoms with E-state index in [9.17, 15) is 0 Å². The van der Waals surface area contributed by atoms with Crippen molar-refractivity contribution in [1.82, 2.24) is 15.0 Å². The van der Waals surface area contributed by atoms with Gasteiger partial charge in [0, 0.05) is 47.6 Å². The van der Waals surface area contributed by atoms with Crippen molar-refractivity contribution in [2.75, 3.05) is 0 Å². The first kappa shape index (κ1) is 32.2. The first-order chi connectivity index (χ1) is 27.7. The smallest absolute Gasteiger partial charge is 0.164 e. The van der Waals surface area contributed by atoms with E-state index < -0.39 is 0 Å². The first-order valence-electron chi connectivity index (χ1n) is 18.7. The number of benzene rings is 8. The summed E-state index contributed by atoms with van der Waals surface area (Å²) in [5.74, 6) is 1.87. The van der Waals surface area contributed by atoms with Gasteiger partial charge in [0.05, 0.1) is 0 Å². The van der Waals surface area contributed by atoms with Crippen molar-refractivity contribution in [2.45, 2.75) is 0 Å². The maximum atomic E-state index is 6.49. The molecule has 0 atom stereocenters. The van der Waals surface area contributed by atoms with E-state index in [1.54, 1.807) is 11.3 Å². The summed E-state index contributed by atoms with van der Waals surface area (Å²) in [4.78, 5) is 15.5. The molecule has 0 unspecified atom stereocenters. The maximum Gasteiger partial charge on any atom is 0.164 e. The molecule has 0 aliphatic carbocycles. The fraction of sp³-hybridized carbons (Fsp3) is 0. The number of hydrogen-bond donors (Lipinski definition) is 0. The van der Waals surface area contributed by atoms with Crippen LogP contribution in [0.25, 0.3) is 110 Å². The van der Waals surface area contributed by atoms with Crippen molar-refractivity contribution >= 4 is 53.4 Å². The van der Waals surface area contributed by atoms with E-state index in [-0.39, 0.29) is 0 Å². The lowest BCUT2D eigenvalue weighted by atomic mass is 9.93. The summed E-state index contributed by atoms with van der Waals surface area (Å²) in [5.41, 5.74) is 11.5. The highest BCUT2D eigenvalue weighted by Crippen LogP contribution is 2.42. The number of furan rings is 1. The Hall–Kier alpha value is -7.21. The summed E-state index contributed by atoms with van der Waals surface area (Å²) in [7, 11) is 0. The maximum absolute atomic E-state index is 6.49. The quantitative estimate of drug-likeness (QED) is 0.171. The highest BCUT2D eigenvalue weighted by atomic mass is 32.1. The summed E-state index contributed by atoms with van der Waals surface area (Å²) in [6.45, 7) is 0. The molecule has 0 saturated heterocycles. The summed E-state index contributed by atoms with van der Waals surface area (Å²) < 4.78 is 8.94. The minimum Gasteiger partial charge on any atom is -0.456 e. The fourth-order valence-corrected chi connectivity index (χ4v) is 9.07. The molecule has 0 bridgehead atoms. The number of rotatable bonds is 6. The molecule has 0 amide bonds. The largest absolute Gasteiger partial charge is 0.456 e. The topological polar surface area (TPSA) is 51.8 Å². The predicted molar refractivity (Wildman–Crippen MR) is 233 cm³/mol. The normalized spacial score (nSPS) is 11.6. The van der Waals surface area contributed by atoms with Gasteiger partial charge in [-0.3, -0.25) is 0 Å². The lowest BCUT2D eigenvalue weighted by molar-refractivity contribution is 0.669. The van der Waals surface area contributed by atoms with E-state index in [1.807, 2.05) is 30.3 Å². The lowest BCUT2D eigenvalue weighted by Crippen LogP contribution is -2.00. The molecular weight excluding hydrogens is 703 g/mol. The number of nitrogens with zero attached hydrogens (tertiary/aromatic N) is 3. The van der Waals surface area contributed by atoms with E-state index >= 15 is 0 Å². The monoisotopic (exact) mass is 733 g/mol. The molecule has 0 spiro atoms. The Labute approximate surface area is 327 Å². The van der Waals surface area contributed by atoms with Gasteiger partial charge < -0.3 is 4.42 Å². The van der Waals surface area contributed by atoms with Crippen LogP contribution in [0.5, 0.6) is 0 Å². The molecule has 5 heteroatoms. The zero-order chi connectivity index (χ0) is 37.0. The van der Waals surface area contributed by atoms with E-state index in [2.05, 4.69) is 158 Å². The van der Waals surface area contributed by atoms with Gasteiger partial charge in [-0.15, -0.1) is 11.3 Å². The Morgan fingerprint density at radius 2 is 0.857 bits per heavy atom. The fourth-order valence-electron chi connectivity index (χ4n) is 7.93. The second-order valence-electron chi connectivity index (χ2n) is 13.9. The highest BCUT2D eigenvalue weighted by molar-refractivity contribution is 7.25. The van der Waals surface area contributed by atoms with Crippen LogP contribution in [0.1, 0.15) is 0 Å². The molecule has 0 radical (unpaired) electrons. The van der Waals surface area contributed by atoms with Gasteiger partial charge in [-0.25, -0.2) is 15.0 Å². The van der Waals surface area contributed by atoms with Crippen LogP contribution in [0, 0.1) is 0 Å². The minimum atomic E-state index is 0.602. The Kier molecular flexibility index (Phi) is 7.64. The molecule has 0 N–H and O–H groups in total. The molecule has 0 aliphatic rings. The van der Waals surface area contributed by atoms with Crippen LogP contribution in [0.2, 0.25) is 0 Å². The van der Waals surface area contributed by atoms with Gasteiger partial charge in [0.2, 0.25) is 0 Å². The molecule has 262 valence electrons. The van der Waals surface area contributed by atoms with Gasteiger partial charge in [0.15, 0.2) is 17.5 Å². The Morgan fingerprint density at radius 1 is 0.321 bits per heavy atom. The number of thiophene rings is 1. The average Bonchev–Trinajstić information content (AvgIpc) is 3.85. The summed E-state index contributed by atoms with van der Waals surface area (Å²) >= 11 is 1.79. The molecule has 8 aromatic carbocycles. The number of fused-ring (bicyclic) bond motifs is 6. The van der Waals surface area contributed by atoms with Crippen LogP contribution in [0.15, 0.2) is 192 Å². The molecule has 3 heterocycles. The van der Waals surface area contributed by atoms with E-state index in [0.29, 0.717) is 17.5 Å². The van der Waals surface area contributed by atoms with Crippen molar-refractivity contribution in [1.29, 1.82) is 0 Å². The second kappa shape index (κ2) is 13.3. The molecule has 11 aromatic rings. The second-order valence-corrected chi connectivity index (χ2v) is 15.0. The van der Waals surface area contributed by atoms with Crippen molar-refractivity contribution in [3.63, 3.8) is 0 Å². The van der Waals surface area contributed by atoms with E-state index in [0.717, 1.165) is 55.1 Å². The number of aromatic nitrogens is 3. The van der Waals surface area contributed by atoms with Crippen LogP contribution >= 0.6 is 11.3 Å². The molecule has 11 rings (SSSR count). The molecule has 56 heavy (non-hydrogen) atoms. The Bertz CT molecular complexity index is 3240. The van der Waals surface area contributed by atoms with Crippen LogP contribution < -0.4 is 0 Å². The van der Waals surface area contributed by atoms with Crippen molar-refractivity contribution in [3.8, 4) is 67.5 Å². The third-order valence-corrected chi connectivity index (χ3v) is 11.7. The molecule has 0 saturated carbocycles. The molecule has 0 aliphatic heterocycles. The van der Waals surface area contributed by atoms with Crippen molar-refractivity contribution in [2.24, 2.45) is 0 Å². The number of hydrogen-bond acceptors (Lipinski definition) is 5. The molecule has 4 nitrogen and oxygen atoms in total. The highest BCUT2D eigenvalue weighted by Gasteiger charge is 2.20. The molecule has 0 fully saturated rings. The predicted octanol–water partition coefficient (Wildman–Crippen LogP) is 14.1. The van der Waals surface area contributed by atoms with Gasteiger partial charge in [0.25, 0.3) is 0 Å². The van der Waals surface area contributed by atoms with Crippen LogP contribution in [0.3, 0.4) is 0 Å². The summed E-state index contributed by atoms with van der Waals surface area (Å²) in [6.07, 6.45) is 0. The average molecular weight is 734 g/mol. The van der Waals surface area contributed by atoms with Gasteiger partial charge in [-0.05, 0) is 63.7 Å². The third-order valence-electron chi connectivity index (χ3n) is 10.6. The van der Waals surface area contributed by atoms with Crippen molar-refractivity contribution < 1.29 is 4.42 Å². The molecular formula is C51H31N3OS. The summed E-state index contributed by atoms with van der Waals surface area (Å²) in [5, 5.41) is 4.36. The SMILES string of the molecule is c1ccc(-c2nc(-c3cccc4oc5ccc(-c6ccc(-c7ccccc7-c7ccccc7)cc6)cc5c34)nc(-c3cccc4sc5ccccc5c34)n2)cc1. The zero-order valence-electron chi connectivity index (χ0n) is 30.1. The zero-order valence-corrected chi connectivity index (χ0v) is 30.9. The van der Waals surface area contributed by atoms with Gasteiger partial charge in [-0.2, -0.15) is 0 Å².